The van der Waals surface area contributed by atoms with E-state index in [0.29, 0.717) is 13.2 Å². The average Bonchev–Trinajstić information content (AvgIpc) is 2.15. The van der Waals surface area contributed by atoms with E-state index >= 15 is 0 Å². The Bertz CT molecular complexity index is 286. The number of carbonyl (C=O) groups excluding carboxylic acids is 1. The van der Waals surface area contributed by atoms with Crippen molar-refractivity contribution in [3.63, 3.8) is 0 Å². The maximum Gasteiger partial charge on any atom is 0.225 e. The second-order valence-corrected chi connectivity index (χ2v) is 11.0. The normalized spacial score (nSPS) is 26.9. The van der Waals surface area contributed by atoms with Gasteiger partial charge in [-0.15, -0.1) is 0 Å². The highest BCUT2D eigenvalue weighted by atomic mass is 28.4. The van der Waals surface area contributed by atoms with Crippen LogP contribution in [0.5, 0.6) is 0 Å². The lowest BCUT2D eigenvalue weighted by Gasteiger charge is -2.42. The highest BCUT2D eigenvalue weighted by Gasteiger charge is 2.42. The van der Waals surface area contributed by atoms with Gasteiger partial charge in [0.2, 0.25) is 5.91 Å². The molecule has 5 heteroatoms. The Labute approximate surface area is 105 Å². The molecule has 0 aromatic heterocycles. The number of hydrogen-bond acceptors (Lipinski definition) is 3. The van der Waals surface area contributed by atoms with Gasteiger partial charge in [0, 0.05) is 6.61 Å². The maximum absolute atomic E-state index is 11.4. The fourth-order valence-electron chi connectivity index (χ4n) is 1.68. The van der Waals surface area contributed by atoms with Crippen molar-refractivity contribution in [3.05, 3.63) is 0 Å². The second kappa shape index (κ2) is 5.08. The van der Waals surface area contributed by atoms with Crippen molar-refractivity contribution in [1.82, 2.24) is 0 Å². The Hall–Kier alpha value is -0.393. The Morgan fingerprint density at radius 2 is 2.00 bits per heavy atom. The number of ether oxygens (including phenoxy) is 1. The first kappa shape index (κ1) is 14.7. The quantitative estimate of drug-likeness (QED) is 0.787. The van der Waals surface area contributed by atoms with Gasteiger partial charge >= 0.3 is 0 Å². The third kappa shape index (κ3) is 3.53. The van der Waals surface area contributed by atoms with E-state index in [1.807, 2.05) is 0 Å². The first-order valence-corrected chi connectivity index (χ1v) is 9.11. The van der Waals surface area contributed by atoms with Crippen LogP contribution in [0.1, 0.15) is 27.2 Å². The molecule has 1 saturated heterocycles. The predicted octanol–water partition coefficient (Wildman–Crippen LogP) is 1.90. The first-order chi connectivity index (χ1) is 7.65. The molecule has 0 aromatic rings. The van der Waals surface area contributed by atoms with Gasteiger partial charge in [-0.3, -0.25) is 4.79 Å². The van der Waals surface area contributed by atoms with E-state index in [1.165, 1.54) is 0 Å². The van der Waals surface area contributed by atoms with Crippen LogP contribution in [0.2, 0.25) is 18.1 Å². The highest BCUT2D eigenvalue weighted by Crippen LogP contribution is 2.38. The van der Waals surface area contributed by atoms with E-state index in [-0.39, 0.29) is 23.0 Å². The SMILES string of the molecule is CC(C)(C)[Si](C)(C)OC1CCOCC1C(N)=O. The standard InChI is InChI=1S/C12H25NO3Si/c1-12(2,3)17(4,5)16-10-6-7-15-8-9(10)11(13)14/h9-10H,6-8H2,1-5H3,(H2,13,14). The topological polar surface area (TPSA) is 61.6 Å². The van der Waals surface area contributed by atoms with E-state index in [1.54, 1.807) is 0 Å². The summed E-state index contributed by atoms with van der Waals surface area (Å²) in [5.41, 5.74) is 5.40. The predicted molar refractivity (Wildman–Crippen MR) is 70.2 cm³/mol. The van der Waals surface area contributed by atoms with E-state index in [0.717, 1.165) is 6.42 Å². The van der Waals surface area contributed by atoms with Crippen molar-refractivity contribution in [2.24, 2.45) is 11.7 Å². The summed E-state index contributed by atoms with van der Waals surface area (Å²) in [4.78, 5) is 11.4. The van der Waals surface area contributed by atoms with Crippen LogP contribution in [0.3, 0.4) is 0 Å². The number of amides is 1. The van der Waals surface area contributed by atoms with Gasteiger partial charge < -0.3 is 14.9 Å². The molecule has 1 aliphatic rings. The Morgan fingerprint density at radius 1 is 1.41 bits per heavy atom. The smallest absolute Gasteiger partial charge is 0.225 e. The maximum atomic E-state index is 11.4. The van der Waals surface area contributed by atoms with Gasteiger partial charge in [-0.2, -0.15) is 0 Å². The van der Waals surface area contributed by atoms with Gasteiger partial charge in [0.1, 0.15) is 0 Å². The molecular weight excluding hydrogens is 234 g/mol. The molecule has 2 unspecified atom stereocenters. The van der Waals surface area contributed by atoms with E-state index < -0.39 is 8.32 Å². The Morgan fingerprint density at radius 3 is 2.47 bits per heavy atom. The fraction of sp³-hybridized carbons (Fsp3) is 0.917. The third-order valence-electron chi connectivity index (χ3n) is 3.91. The molecule has 2 N–H and O–H groups in total. The number of hydrogen-bond donors (Lipinski definition) is 1. The van der Waals surface area contributed by atoms with Crippen molar-refractivity contribution in [2.45, 2.75) is 51.4 Å². The van der Waals surface area contributed by atoms with Crippen LogP contribution in [0.25, 0.3) is 0 Å². The van der Waals surface area contributed by atoms with Gasteiger partial charge in [0.05, 0.1) is 18.6 Å². The van der Waals surface area contributed by atoms with E-state index in [4.69, 9.17) is 14.9 Å². The van der Waals surface area contributed by atoms with Crippen molar-refractivity contribution in [1.29, 1.82) is 0 Å². The Balaban J connectivity index is 2.74. The van der Waals surface area contributed by atoms with Gasteiger partial charge in [-0.25, -0.2) is 0 Å². The molecule has 0 saturated carbocycles. The zero-order chi connectivity index (χ0) is 13.3. The number of carbonyl (C=O) groups is 1. The van der Waals surface area contributed by atoms with Crippen LogP contribution >= 0.6 is 0 Å². The molecule has 1 aliphatic heterocycles. The summed E-state index contributed by atoms with van der Waals surface area (Å²) in [6, 6.07) is 0. The van der Waals surface area contributed by atoms with E-state index in [9.17, 15) is 4.79 Å². The largest absolute Gasteiger partial charge is 0.413 e. The van der Waals surface area contributed by atoms with Crippen molar-refractivity contribution in [2.75, 3.05) is 13.2 Å². The molecule has 17 heavy (non-hydrogen) atoms. The molecule has 2 atom stereocenters. The summed E-state index contributed by atoms with van der Waals surface area (Å²) in [5.74, 6) is -0.605. The summed E-state index contributed by atoms with van der Waals surface area (Å²) in [6.45, 7) is 12.0. The summed E-state index contributed by atoms with van der Waals surface area (Å²) in [5, 5.41) is 0.146. The Kier molecular flexibility index (Phi) is 4.38. The zero-order valence-electron chi connectivity index (χ0n) is 11.6. The summed E-state index contributed by atoms with van der Waals surface area (Å²) < 4.78 is 11.6. The lowest BCUT2D eigenvalue weighted by molar-refractivity contribution is -0.131. The van der Waals surface area contributed by atoms with E-state index in [2.05, 4.69) is 33.9 Å². The number of rotatable bonds is 3. The third-order valence-corrected chi connectivity index (χ3v) is 8.41. The minimum absolute atomic E-state index is 0.0675. The molecule has 0 aliphatic carbocycles. The molecule has 0 aromatic carbocycles. The van der Waals surface area contributed by atoms with Gasteiger partial charge in [0.15, 0.2) is 8.32 Å². The second-order valence-electron chi connectivity index (χ2n) is 6.29. The van der Waals surface area contributed by atoms with Crippen molar-refractivity contribution in [3.8, 4) is 0 Å². The molecule has 1 amide bonds. The van der Waals surface area contributed by atoms with Crippen molar-refractivity contribution < 1.29 is 14.0 Å². The molecule has 4 nitrogen and oxygen atoms in total. The minimum atomic E-state index is -1.84. The molecule has 100 valence electrons. The summed E-state index contributed by atoms with van der Waals surface area (Å²) in [7, 11) is -1.84. The van der Waals surface area contributed by atoms with Gasteiger partial charge in [-0.1, -0.05) is 20.8 Å². The number of nitrogens with two attached hydrogens (primary N) is 1. The van der Waals surface area contributed by atoms with Crippen LogP contribution in [-0.4, -0.2) is 33.5 Å². The first-order valence-electron chi connectivity index (χ1n) is 6.20. The molecular formula is C12H25NO3Si. The van der Waals surface area contributed by atoms with Crippen molar-refractivity contribution >= 4 is 14.2 Å². The van der Waals surface area contributed by atoms with Crippen LogP contribution in [-0.2, 0) is 14.0 Å². The average molecular weight is 259 g/mol. The molecule has 0 bridgehead atoms. The lowest BCUT2D eigenvalue weighted by atomic mass is 9.98. The van der Waals surface area contributed by atoms with Gasteiger partial charge in [0.25, 0.3) is 0 Å². The van der Waals surface area contributed by atoms with Crippen LogP contribution in [0.15, 0.2) is 0 Å². The summed E-state index contributed by atoms with van der Waals surface area (Å²) >= 11 is 0. The molecule has 1 rings (SSSR count). The van der Waals surface area contributed by atoms with Crippen LogP contribution in [0, 0.1) is 5.92 Å². The molecule has 1 heterocycles. The minimum Gasteiger partial charge on any atom is -0.413 e. The lowest BCUT2D eigenvalue weighted by Crippen LogP contribution is -2.50. The number of primary amides is 1. The van der Waals surface area contributed by atoms with Crippen LogP contribution < -0.4 is 5.73 Å². The zero-order valence-corrected chi connectivity index (χ0v) is 12.6. The van der Waals surface area contributed by atoms with Crippen LogP contribution in [0.4, 0.5) is 0 Å². The van der Waals surface area contributed by atoms with Gasteiger partial charge in [-0.05, 0) is 24.6 Å². The molecule has 1 fully saturated rings. The monoisotopic (exact) mass is 259 g/mol. The highest BCUT2D eigenvalue weighted by molar-refractivity contribution is 6.74. The molecule has 0 spiro atoms. The molecule has 0 radical (unpaired) electrons. The fourth-order valence-corrected chi connectivity index (χ4v) is 3.07. The summed E-state index contributed by atoms with van der Waals surface area (Å²) in [6.07, 6.45) is 0.697.